The number of aliphatic imine (C=N–C) groups is 1. The van der Waals surface area contributed by atoms with Crippen LogP contribution in [0.5, 0.6) is 0 Å². The summed E-state index contributed by atoms with van der Waals surface area (Å²) in [5.41, 5.74) is 0. The molecule has 0 aromatic rings. The van der Waals surface area contributed by atoms with Crippen molar-refractivity contribution < 1.29 is 8.78 Å². The van der Waals surface area contributed by atoms with Crippen LogP contribution in [0.3, 0.4) is 0 Å². The second-order valence-electron chi connectivity index (χ2n) is 5.45. The molecule has 5 nitrogen and oxygen atoms in total. The predicted octanol–water partition coefficient (Wildman–Crippen LogP) is 2.60. The standard InChI is InChI=1S/C13H21F2N5/c1-9(18-13(2,14)15)17-12(19-16-3)20-10-5-4-6-11(20)8-7-10/h10-11H,3-8H2,1-2H3,(H,17,18,19)/t10-,11+. The Morgan fingerprint density at radius 1 is 1.25 bits per heavy atom. The zero-order valence-electron chi connectivity index (χ0n) is 11.9. The van der Waals surface area contributed by atoms with Crippen LogP contribution in [0.2, 0.25) is 0 Å². The summed E-state index contributed by atoms with van der Waals surface area (Å²) >= 11 is 0. The second-order valence-corrected chi connectivity index (χ2v) is 5.45. The van der Waals surface area contributed by atoms with Crippen molar-refractivity contribution in [3.05, 3.63) is 0 Å². The van der Waals surface area contributed by atoms with Gasteiger partial charge in [0.15, 0.2) is 0 Å². The first kappa shape index (κ1) is 14.9. The van der Waals surface area contributed by atoms with Crippen LogP contribution in [-0.4, -0.2) is 41.5 Å². The molecule has 112 valence electrons. The summed E-state index contributed by atoms with van der Waals surface area (Å²) in [7, 11) is 0. The average molecular weight is 285 g/mol. The third-order valence-electron chi connectivity index (χ3n) is 3.76. The lowest BCUT2D eigenvalue weighted by molar-refractivity contribution is 0.0322. The summed E-state index contributed by atoms with van der Waals surface area (Å²) in [4.78, 5) is 5.46. The Bertz CT molecular complexity index is 411. The quantitative estimate of drug-likeness (QED) is 0.367. The van der Waals surface area contributed by atoms with E-state index in [-0.39, 0.29) is 5.84 Å². The number of halogens is 2. The Balaban J connectivity index is 2.15. The number of guanidine groups is 1. The van der Waals surface area contributed by atoms with E-state index in [0.29, 0.717) is 18.0 Å². The van der Waals surface area contributed by atoms with E-state index in [1.54, 1.807) is 0 Å². The number of piperidine rings is 1. The molecule has 2 heterocycles. The van der Waals surface area contributed by atoms with Gasteiger partial charge in [0, 0.05) is 25.7 Å². The monoisotopic (exact) mass is 285 g/mol. The Hall–Kier alpha value is -1.53. The summed E-state index contributed by atoms with van der Waals surface area (Å²) in [6.45, 7) is 5.61. The van der Waals surface area contributed by atoms with E-state index in [0.717, 1.165) is 32.6 Å². The number of fused-ring (bicyclic) bond motifs is 2. The Morgan fingerprint density at radius 2 is 1.85 bits per heavy atom. The maximum absolute atomic E-state index is 12.9. The Morgan fingerprint density at radius 3 is 2.35 bits per heavy atom. The third kappa shape index (κ3) is 3.52. The lowest BCUT2D eigenvalue weighted by Gasteiger charge is -2.36. The highest BCUT2D eigenvalue weighted by Gasteiger charge is 2.38. The molecule has 0 amide bonds. The zero-order valence-corrected chi connectivity index (χ0v) is 11.9. The highest BCUT2D eigenvalue weighted by atomic mass is 19.3. The molecule has 2 aliphatic rings. The zero-order chi connectivity index (χ0) is 14.8. The molecular weight excluding hydrogens is 264 g/mol. The van der Waals surface area contributed by atoms with Crippen LogP contribution in [0, 0.1) is 0 Å². The van der Waals surface area contributed by atoms with Gasteiger partial charge in [-0.15, -0.1) is 5.10 Å². The molecule has 0 radical (unpaired) electrons. The van der Waals surface area contributed by atoms with Crippen LogP contribution in [0.4, 0.5) is 8.78 Å². The number of hydrogen-bond donors (Lipinski definition) is 1. The summed E-state index contributed by atoms with van der Waals surface area (Å²) in [6, 6.07) is -2.27. The fourth-order valence-corrected chi connectivity index (χ4v) is 3.16. The van der Waals surface area contributed by atoms with Gasteiger partial charge in [-0.25, -0.2) is 4.99 Å². The first-order valence-corrected chi connectivity index (χ1v) is 6.94. The number of alkyl halides is 2. The molecule has 7 heteroatoms. The summed E-state index contributed by atoms with van der Waals surface area (Å²) < 4.78 is 25.8. The van der Waals surface area contributed by atoms with Crippen molar-refractivity contribution in [3.8, 4) is 0 Å². The van der Waals surface area contributed by atoms with E-state index >= 15 is 0 Å². The van der Waals surface area contributed by atoms with E-state index in [1.807, 2.05) is 0 Å². The van der Waals surface area contributed by atoms with E-state index in [9.17, 15) is 8.78 Å². The topological polar surface area (TPSA) is 52.4 Å². The number of nitrogens with one attached hydrogen (secondary N) is 1. The summed E-state index contributed by atoms with van der Waals surface area (Å²) in [5.74, 6) is 0.613. The second kappa shape index (κ2) is 5.85. The molecule has 2 fully saturated rings. The van der Waals surface area contributed by atoms with E-state index < -0.39 is 6.05 Å². The van der Waals surface area contributed by atoms with Crippen molar-refractivity contribution in [1.29, 1.82) is 0 Å². The highest BCUT2D eigenvalue weighted by molar-refractivity contribution is 5.99. The van der Waals surface area contributed by atoms with Crippen LogP contribution >= 0.6 is 0 Å². The molecule has 1 N–H and O–H groups in total. The van der Waals surface area contributed by atoms with Gasteiger partial charge in [0.1, 0.15) is 5.84 Å². The Labute approximate surface area is 117 Å². The normalized spacial score (nSPS) is 27.7. The molecular formula is C13H21F2N5. The highest BCUT2D eigenvalue weighted by Crippen LogP contribution is 2.35. The van der Waals surface area contributed by atoms with Gasteiger partial charge in [-0.1, -0.05) is 0 Å². The molecule has 2 aliphatic heterocycles. The average Bonchev–Trinajstić information content (AvgIpc) is 2.56. The fourth-order valence-electron chi connectivity index (χ4n) is 3.16. The number of rotatable bonds is 2. The van der Waals surface area contributed by atoms with Gasteiger partial charge in [0.25, 0.3) is 0 Å². The van der Waals surface area contributed by atoms with Crippen molar-refractivity contribution in [2.45, 2.75) is 64.1 Å². The molecule has 20 heavy (non-hydrogen) atoms. The van der Waals surface area contributed by atoms with Gasteiger partial charge < -0.3 is 10.2 Å². The van der Waals surface area contributed by atoms with Gasteiger partial charge in [0.05, 0.1) is 0 Å². The maximum atomic E-state index is 12.9. The van der Waals surface area contributed by atoms with Crippen LogP contribution in [0.1, 0.15) is 46.0 Å². The summed E-state index contributed by atoms with van der Waals surface area (Å²) in [6.07, 6.45) is 5.65. The summed E-state index contributed by atoms with van der Waals surface area (Å²) in [5, 5.41) is 10.4. The number of hydrogen-bond acceptors (Lipinski definition) is 3. The van der Waals surface area contributed by atoms with Gasteiger partial charge >= 0.3 is 6.05 Å². The van der Waals surface area contributed by atoms with Crippen molar-refractivity contribution in [1.82, 2.24) is 10.2 Å². The first-order chi connectivity index (χ1) is 9.40. The maximum Gasteiger partial charge on any atom is 0.340 e. The minimum absolute atomic E-state index is 0.130. The lowest BCUT2D eigenvalue weighted by atomic mass is 10.0. The largest absolute Gasteiger partial charge is 0.340 e. The molecule has 2 rings (SSSR count). The Kier molecular flexibility index (Phi) is 4.35. The molecule has 0 aromatic carbocycles. The lowest BCUT2D eigenvalue weighted by Crippen LogP contribution is -2.51. The van der Waals surface area contributed by atoms with Crippen molar-refractivity contribution in [3.63, 3.8) is 0 Å². The van der Waals surface area contributed by atoms with Gasteiger partial charge in [0.2, 0.25) is 5.96 Å². The first-order valence-electron chi connectivity index (χ1n) is 6.94. The smallest absolute Gasteiger partial charge is 0.335 e. The van der Waals surface area contributed by atoms with Crippen LogP contribution in [0.15, 0.2) is 15.2 Å². The van der Waals surface area contributed by atoms with E-state index in [4.69, 9.17) is 0 Å². The van der Waals surface area contributed by atoms with Crippen LogP contribution in [-0.2, 0) is 0 Å². The minimum atomic E-state index is -3.09. The fraction of sp³-hybridized carbons (Fsp3) is 0.769. The van der Waals surface area contributed by atoms with Crippen molar-refractivity contribution in [2.24, 2.45) is 15.2 Å². The van der Waals surface area contributed by atoms with E-state index in [2.05, 4.69) is 32.1 Å². The molecule has 2 atom stereocenters. The van der Waals surface area contributed by atoms with Crippen molar-refractivity contribution >= 4 is 18.5 Å². The number of nitrogens with zero attached hydrogens (tertiary/aromatic N) is 4. The van der Waals surface area contributed by atoms with Gasteiger partial charge in [-0.2, -0.15) is 13.9 Å². The number of amidine groups is 1. The molecule has 0 unspecified atom stereocenters. The van der Waals surface area contributed by atoms with E-state index in [1.165, 1.54) is 13.3 Å². The molecule has 2 bridgehead atoms. The molecule has 0 saturated carbocycles. The SMILES string of the molecule is C=NN=C(NC(C)=NC(C)(F)F)N1[C@@H]2CCC[C@H]1CC2. The van der Waals surface area contributed by atoms with Crippen LogP contribution in [0.25, 0.3) is 0 Å². The van der Waals surface area contributed by atoms with Gasteiger partial charge in [-0.05, 0) is 39.0 Å². The molecule has 0 aromatic heterocycles. The molecule has 2 saturated heterocycles. The molecule has 0 aliphatic carbocycles. The third-order valence-corrected chi connectivity index (χ3v) is 3.76. The predicted molar refractivity (Wildman–Crippen MR) is 76.3 cm³/mol. The van der Waals surface area contributed by atoms with Crippen molar-refractivity contribution in [2.75, 3.05) is 0 Å². The molecule has 0 spiro atoms. The van der Waals surface area contributed by atoms with Crippen LogP contribution < -0.4 is 5.32 Å². The minimum Gasteiger partial charge on any atom is -0.335 e. The van der Waals surface area contributed by atoms with Gasteiger partial charge in [-0.3, -0.25) is 0 Å².